The average Bonchev–Trinajstić information content (AvgIpc) is 2.97. The topological polar surface area (TPSA) is 71.3 Å². The fraction of sp³-hybridized carbons (Fsp3) is 0.500. The fourth-order valence-electron chi connectivity index (χ4n) is 3.12. The predicted octanol–water partition coefficient (Wildman–Crippen LogP) is 3.27. The van der Waals surface area contributed by atoms with E-state index in [0.29, 0.717) is 19.4 Å². The Labute approximate surface area is 152 Å². The highest BCUT2D eigenvalue weighted by molar-refractivity contribution is 6.29. The first-order chi connectivity index (χ1) is 12.1. The summed E-state index contributed by atoms with van der Waals surface area (Å²) in [7, 11) is 0. The number of carbonyl (C=O) groups is 1. The van der Waals surface area contributed by atoms with Gasteiger partial charge in [-0.2, -0.15) is 0 Å². The lowest BCUT2D eigenvalue weighted by atomic mass is 10.1. The molecule has 1 saturated heterocycles. The first-order valence-corrected chi connectivity index (χ1v) is 9.09. The first kappa shape index (κ1) is 17.7. The molecule has 0 atom stereocenters. The molecule has 7 heteroatoms. The second-order valence-corrected chi connectivity index (χ2v) is 6.67. The van der Waals surface area contributed by atoms with Gasteiger partial charge in [-0.3, -0.25) is 4.79 Å². The Kier molecular flexibility index (Phi) is 5.91. The standard InChI is InChI=1S/C18H23ClN4O2/c1-13-15(17(19)25-22-13)7-8-16(24)21-12-14-6-5-9-20-18(14)23-10-3-2-4-11-23/h5-6,9H,2-4,7-8,10-12H2,1H3,(H,21,24). The minimum atomic E-state index is -0.0230. The quantitative estimate of drug-likeness (QED) is 0.853. The van der Waals surface area contributed by atoms with E-state index < -0.39 is 0 Å². The molecule has 1 N–H and O–H groups in total. The van der Waals surface area contributed by atoms with E-state index in [1.165, 1.54) is 19.3 Å². The number of aromatic nitrogens is 2. The lowest BCUT2D eigenvalue weighted by Crippen LogP contribution is -2.32. The number of amides is 1. The van der Waals surface area contributed by atoms with Gasteiger partial charge in [0, 0.05) is 43.4 Å². The number of nitrogens with one attached hydrogen (secondary N) is 1. The van der Waals surface area contributed by atoms with E-state index in [9.17, 15) is 4.79 Å². The van der Waals surface area contributed by atoms with E-state index >= 15 is 0 Å². The third-order valence-corrected chi connectivity index (χ3v) is 4.84. The lowest BCUT2D eigenvalue weighted by molar-refractivity contribution is -0.121. The molecule has 134 valence electrons. The minimum absolute atomic E-state index is 0.0230. The third-order valence-electron chi connectivity index (χ3n) is 4.54. The van der Waals surface area contributed by atoms with Crippen molar-refractivity contribution in [2.24, 2.45) is 0 Å². The summed E-state index contributed by atoms with van der Waals surface area (Å²) in [5.74, 6) is 0.963. The van der Waals surface area contributed by atoms with Crippen LogP contribution < -0.4 is 10.2 Å². The number of anilines is 1. The molecule has 3 rings (SSSR count). The molecule has 6 nitrogen and oxygen atoms in total. The summed E-state index contributed by atoms with van der Waals surface area (Å²) >= 11 is 5.93. The van der Waals surface area contributed by atoms with Crippen LogP contribution in [0.4, 0.5) is 5.82 Å². The van der Waals surface area contributed by atoms with Crippen LogP contribution in [0.25, 0.3) is 0 Å². The molecule has 0 spiro atoms. The van der Waals surface area contributed by atoms with Crippen molar-refractivity contribution in [1.82, 2.24) is 15.5 Å². The molecule has 0 aromatic carbocycles. The predicted molar refractivity (Wildman–Crippen MR) is 96.7 cm³/mol. The number of hydrogen-bond donors (Lipinski definition) is 1. The normalized spacial score (nSPS) is 14.6. The van der Waals surface area contributed by atoms with Gasteiger partial charge in [0.2, 0.25) is 11.1 Å². The Morgan fingerprint density at radius 2 is 2.16 bits per heavy atom. The van der Waals surface area contributed by atoms with Gasteiger partial charge in [-0.25, -0.2) is 4.98 Å². The van der Waals surface area contributed by atoms with E-state index in [0.717, 1.165) is 35.7 Å². The van der Waals surface area contributed by atoms with E-state index in [1.807, 2.05) is 25.3 Å². The van der Waals surface area contributed by atoms with Crippen molar-refractivity contribution in [3.63, 3.8) is 0 Å². The molecular formula is C18H23ClN4O2. The first-order valence-electron chi connectivity index (χ1n) is 8.71. The zero-order chi connectivity index (χ0) is 17.6. The van der Waals surface area contributed by atoms with Crippen LogP contribution >= 0.6 is 11.6 Å². The molecule has 0 saturated carbocycles. The molecule has 0 unspecified atom stereocenters. The van der Waals surface area contributed by atoms with Crippen LogP contribution in [-0.4, -0.2) is 29.1 Å². The van der Waals surface area contributed by atoms with Crippen molar-refractivity contribution in [3.8, 4) is 0 Å². The minimum Gasteiger partial charge on any atom is -0.356 e. The Balaban J connectivity index is 1.55. The van der Waals surface area contributed by atoms with Crippen molar-refractivity contribution < 1.29 is 9.32 Å². The van der Waals surface area contributed by atoms with Crippen molar-refractivity contribution in [2.45, 2.75) is 45.6 Å². The maximum atomic E-state index is 12.2. The highest BCUT2D eigenvalue weighted by atomic mass is 35.5. The molecule has 25 heavy (non-hydrogen) atoms. The summed E-state index contributed by atoms with van der Waals surface area (Å²) in [4.78, 5) is 19.0. The second kappa shape index (κ2) is 8.34. The maximum absolute atomic E-state index is 12.2. The van der Waals surface area contributed by atoms with Crippen molar-refractivity contribution in [3.05, 3.63) is 40.4 Å². The number of halogens is 1. The summed E-state index contributed by atoms with van der Waals surface area (Å²) in [6, 6.07) is 3.94. The molecule has 3 heterocycles. The monoisotopic (exact) mass is 362 g/mol. The lowest BCUT2D eigenvalue weighted by Gasteiger charge is -2.29. The summed E-state index contributed by atoms with van der Waals surface area (Å²) in [5, 5.41) is 7.05. The van der Waals surface area contributed by atoms with E-state index in [4.69, 9.17) is 16.1 Å². The van der Waals surface area contributed by atoms with Crippen molar-refractivity contribution >= 4 is 23.3 Å². The van der Waals surface area contributed by atoms with Gasteiger partial charge < -0.3 is 14.7 Å². The van der Waals surface area contributed by atoms with Gasteiger partial charge in [0.05, 0.1) is 5.69 Å². The van der Waals surface area contributed by atoms with Crippen LogP contribution in [0.15, 0.2) is 22.9 Å². The zero-order valence-electron chi connectivity index (χ0n) is 14.4. The Bertz CT molecular complexity index is 706. The van der Waals surface area contributed by atoms with Gasteiger partial charge in [0.15, 0.2) is 0 Å². The van der Waals surface area contributed by atoms with Gasteiger partial charge in [-0.05, 0) is 50.3 Å². The van der Waals surface area contributed by atoms with Crippen LogP contribution in [0.3, 0.4) is 0 Å². The molecule has 1 fully saturated rings. The SMILES string of the molecule is Cc1noc(Cl)c1CCC(=O)NCc1cccnc1N1CCCCC1. The Morgan fingerprint density at radius 3 is 2.88 bits per heavy atom. The Hall–Kier alpha value is -2.08. The number of piperidine rings is 1. The second-order valence-electron chi connectivity index (χ2n) is 6.33. The molecule has 0 aliphatic carbocycles. The highest BCUT2D eigenvalue weighted by Crippen LogP contribution is 2.22. The van der Waals surface area contributed by atoms with E-state index in [-0.39, 0.29) is 11.1 Å². The van der Waals surface area contributed by atoms with Crippen LogP contribution in [0.2, 0.25) is 5.22 Å². The molecular weight excluding hydrogens is 340 g/mol. The molecule has 0 bridgehead atoms. The van der Waals surface area contributed by atoms with Crippen molar-refractivity contribution in [1.29, 1.82) is 0 Å². The number of pyridine rings is 1. The molecule has 1 aliphatic heterocycles. The zero-order valence-corrected chi connectivity index (χ0v) is 15.2. The van der Waals surface area contributed by atoms with Crippen LogP contribution in [0.5, 0.6) is 0 Å². The summed E-state index contributed by atoms with van der Waals surface area (Å²) in [6.45, 7) is 4.37. The van der Waals surface area contributed by atoms with Gasteiger partial charge in [0.25, 0.3) is 0 Å². The molecule has 1 aliphatic rings. The van der Waals surface area contributed by atoms with Gasteiger partial charge in [-0.1, -0.05) is 11.2 Å². The van der Waals surface area contributed by atoms with Crippen molar-refractivity contribution in [2.75, 3.05) is 18.0 Å². The summed E-state index contributed by atoms with van der Waals surface area (Å²) < 4.78 is 4.91. The van der Waals surface area contributed by atoms with Gasteiger partial charge in [-0.15, -0.1) is 0 Å². The van der Waals surface area contributed by atoms with Gasteiger partial charge in [0.1, 0.15) is 5.82 Å². The average molecular weight is 363 g/mol. The summed E-state index contributed by atoms with van der Waals surface area (Å²) in [6.07, 6.45) is 6.35. The highest BCUT2D eigenvalue weighted by Gasteiger charge is 2.16. The Morgan fingerprint density at radius 1 is 1.36 bits per heavy atom. The van der Waals surface area contributed by atoms with E-state index in [1.54, 1.807) is 0 Å². The smallest absolute Gasteiger partial charge is 0.229 e. The van der Waals surface area contributed by atoms with E-state index in [2.05, 4.69) is 20.4 Å². The number of rotatable bonds is 6. The number of aryl methyl sites for hydroxylation is 1. The largest absolute Gasteiger partial charge is 0.356 e. The van der Waals surface area contributed by atoms with Gasteiger partial charge >= 0.3 is 0 Å². The van der Waals surface area contributed by atoms with Crippen LogP contribution in [-0.2, 0) is 17.8 Å². The van der Waals surface area contributed by atoms with Crippen LogP contribution in [0, 0.1) is 6.92 Å². The summed E-state index contributed by atoms with van der Waals surface area (Å²) in [5.41, 5.74) is 2.58. The number of hydrogen-bond acceptors (Lipinski definition) is 5. The molecule has 1 amide bonds. The third kappa shape index (κ3) is 4.51. The fourth-order valence-corrected chi connectivity index (χ4v) is 3.39. The number of carbonyl (C=O) groups excluding carboxylic acids is 1. The molecule has 2 aromatic heterocycles. The number of nitrogens with zero attached hydrogens (tertiary/aromatic N) is 3. The molecule has 2 aromatic rings. The molecule has 0 radical (unpaired) electrons. The van der Waals surface area contributed by atoms with Crippen LogP contribution in [0.1, 0.15) is 42.5 Å². The maximum Gasteiger partial charge on any atom is 0.229 e.